The summed E-state index contributed by atoms with van der Waals surface area (Å²) >= 11 is 1.17. The normalized spacial score (nSPS) is 12.9. The first-order chi connectivity index (χ1) is 7.49. The Hall–Kier alpha value is -0.430. The summed E-state index contributed by atoms with van der Waals surface area (Å²) in [7, 11) is -3.50. The average molecular weight is 263 g/mol. The number of sulfonamides is 1. The lowest BCUT2D eigenvalue weighted by Crippen LogP contribution is -2.50. The van der Waals surface area contributed by atoms with E-state index >= 15 is 0 Å². The third-order valence-electron chi connectivity index (χ3n) is 2.77. The first-order valence-electron chi connectivity index (χ1n) is 5.18. The van der Waals surface area contributed by atoms with Crippen molar-refractivity contribution >= 4 is 21.4 Å². The van der Waals surface area contributed by atoms with E-state index in [1.807, 2.05) is 13.8 Å². The summed E-state index contributed by atoms with van der Waals surface area (Å²) in [6.07, 6.45) is 1.12. The van der Waals surface area contributed by atoms with Gasteiger partial charge < -0.3 is 5.11 Å². The monoisotopic (exact) mass is 263 g/mol. The molecule has 2 N–H and O–H groups in total. The van der Waals surface area contributed by atoms with Crippen LogP contribution in [-0.2, 0) is 10.0 Å². The summed E-state index contributed by atoms with van der Waals surface area (Å²) in [5.41, 5.74) is -0.747. The Balaban J connectivity index is 2.96. The number of aliphatic hydroxyl groups is 1. The molecule has 16 heavy (non-hydrogen) atoms. The van der Waals surface area contributed by atoms with E-state index < -0.39 is 15.6 Å². The molecule has 4 nitrogen and oxygen atoms in total. The Morgan fingerprint density at radius 1 is 1.44 bits per heavy atom. The van der Waals surface area contributed by atoms with Crippen LogP contribution in [0.2, 0.25) is 0 Å². The zero-order chi connectivity index (χ0) is 12.2. The molecule has 0 bridgehead atoms. The van der Waals surface area contributed by atoms with Crippen LogP contribution < -0.4 is 4.72 Å². The molecule has 0 saturated carbocycles. The van der Waals surface area contributed by atoms with Gasteiger partial charge in [0.05, 0.1) is 12.1 Å². The van der Waals surface area contributed by atoms with Crippen molar-refractivity contribution in [2.75, 3.05) is 6.61 Å². The Morgan fingerprint density at radius 3 is 2.44 bits per heavy atom. The first-order valence-corrected chi connectivity index (χ1v) is 7.54. The van der Waals surface area contributed by atoms with E-state index in [-0.39, 0.29) is 10.8 Å². The van der Waals surface area contributed by atoms with E-state index in [4.69, 9.17) is 0 Å². The molecule has 1 rings (SSSR count). The maximum Gasteiger partial charge on any atom is 0.250 e. The molecule has 0 amide bonds. The van der Waals surface area contributed by atoms with Crippen LogP contribution in [0.4, 0.5) is 0 Å². The molecule has 1 aromatic heterocycles. The standard InChI is InChI=1S/C10H17NO3S2/c1-3-10(4-2,8-12)11-16(13,14)9-6-5-7-15-9/h5-7,11-12H,3-4,8H2,1-2H3. The number of thiophene rings is 1. The molecule has 0 aliphatic carbocycles. The second kappa shape index (κ2) is 5.27. The van der Waals surface area contributed by atoms with Gasteiger partial charge >= 0.3 is 0 Å². The van der Waals surface area contributed by atoms with E-state index in [0.717, 1.165) is 0 Å². The number of nitrogens with one attached hydrogen (secondary N) is 1. The molecule has 0 aliphatic heterocycles. The lowest BCUT2D eigenvalue weighted by atomic mass is 9.96. The maximum absolute atomic E-state index is 12.0. The van der Waals surface area contributed by atoms with Crippen molar-refractivity contribution in [1.29, 1.82) is 0 Å². The van der Waals surface area contributed by atoms with Crippen LogP contribution in [0.25, 0.3) is 0 Å². The molecule has 0 spiro atoms. The zero-order valence-corrected chi connectivity index (χ0v) is 11.1. The fourth-order valence-corrected chi connectivity index (χ4v) is 3.93. The third kappa shape index (κ3) is 2.82. The summed E-state index contributed by atoms with van der Waals surface area (Å²) < 4.78 is 26.8. The molecule has 0 saturated heterocycles. The van der Waals surface area contributed by atoms with Crippen molar-refractivity contribution in [2.24, 2.45) is 0 Å². The lowest BCUT2D eigenvalue weighted by Gasteiger charge is -2.29. The molecule has 1 aromatic rings. The third-order valence-corrected chi connectivity index (χ3v) is 5.74. The highest BCUT2D eigenvalue weighted by atomic mass is 32.2. The van der Waals surface area contributed by atoms with Gasteiger partial charge in [0.25, 0.3) is 10.0 Å². The van der Waals surface area contributed by atoms with Crippen molar-refractivity contribution < 1.29 is 13.5 Å². The van der Waals surface area contributed by atoms with Gasteiger partial charge in [-0.15, -0.1) is 11.3 Å². The lowest BCUT2D eigenvalue weighted by molar-refractivity contribution is 0.172. The molecule has 0 unspecified atom stereocenters. The summed E-state index contributed by atoms with van der Waals surface area (Å²) in [5.74, 6) is 0. The van der Waals surface area contributed by atoms with Crippen LogP contribution in [-0.4, -0.2) is 25.7 Å². The summed E-state index contributed by atoms with van der Waals surface area (Å²) in [4.78, 5) is 0. The van der Waals surface area contributed by atoms with Gasteiger partial charge in [-0.05, 0) is 24.3 Å². The minimum Gasteiger partial charge on any atom is -0.394 e. The first kappa shape index (κ1) is 13.6. The molecule has 92 valence electrons. The topological polar surface area (TPSA) is 66.4 Å². The molecular formula is C10H17NO3S2. The minimum absolute atomic E-state index is 0.190. The van der Waals surface area contributed by atoms with Crippen molar-refractivity contribution in [3.63, 3.8) is 0 Å². The second-order valence-electron chi connectivity index (χ2n) is 3.68. The highest BCUT2D eigenvalue weighted by Gasteiger charge is 2.31. The molecular weight excluding hydrogens is 246 g/mol. The van der Waals surface area contributed by atoms with Crippen molar-refractivity contribution in [3.8, 4) is 0 Å². The van der Waals surface area contributed by atoms with Gasteiger partial charge in [-0.1, -0.05) is 19.9 Å². The van der Waals surface area contributed by atoms with Crippen LogP contribution >= 0.6 is 11.3 Å². The van der Waals surface area contributed by atoms with E-state index in [1.165, 1.54) is 11.3 Å². The quantitative estimate of drug-likeness (QED) is 0.819. The van der Waals surface area contributed by atoms with Crippen molar-refractivity contribution in [1.82, 2.24) is 4.72 Å². The molecule has 6 heteroatoms. The molecule has 0 aromatic carbocycles. The van der Waals surface area contributed by atoms with Gasteiger partial charge in [-0.25, -0.2) is 13.1 Å². The highest BCUT2D eigenvalue weighted by Crippen LogP contribution is 2.21. The SMILES string of the molecule is CCC(CC)(CO)NS(=O)(=O)c1cccs1. The number of hydrogen-bond donors (Lipinski definition) is 2. The smallest absolute Gasteiger partial charge is 0.250 e. The molecule has 1 heterocycles. The Bertz CT molecular complexity index is 399. The van der Waals surface area contributed by atoms with E-state index in [9.17, 15) is 13.5 Å². The molecule has 0 fully saturated rings. The Kier molecular flexibility index (Phi) is 4.49. The minimum atomic E-state index is -3.50. The highest BCUT2D eigenvalue weighted by molar-refractivity contribution is 7.91. The molecule has 0 radical (unpaired) electrons. The van der Waals surface area contributed by atoms with E-state index in [0.29, 0.717) is 12.8 Å². The molecule has 0 aliphatic rings. The van der Waals surface area contributed by atoms with Gasteiger partial charge in [0.1, 0.15) is 4.21 Å². The summed E-state index contributed by atoms with van der Waals surface area (Å²) in [5, 5.41) is 11.0. The van der Waals surface area contributed by atoms with Crippen LogP contribution in [0.3, 0.4) is 0 Å². The van der Waals surface area contributed by atoms with Crippen LogP contribution in [0.15, 0.2) is 21.7 Å². The second-order valence-corrected chi connectivity index (χ2v) is 6.54. The Morgan fingerprint density at radius 2 is 2.06 bits per heavy atom. The molecule has 0 atom stereocenters. The fourth-order valence-electron chi connectivity index (χ4n) is 1.40. The van der Waals surface area contributed by atoms with Crippen LogP contribution in [0.5, 0.6) is 0 Å². The van der Waals surface area contributed by atoms with Gasteiger partial charge in [0.2, 0.25) is 0 Å². The van der Waals surface area contributed by atoms with E-state index in [2.05, 4.69) is 4.72 Å². The van der Waals surface area contributed by atoms with Crippen LogP contribution in [0, 0.1) is 0 Å². The average Bonchev–Trinajstić information content (AvgIpc) is 2.80. The number of aliphatic hydroxyl groups excluding tert-OH is 1. The largest absolute Gasteiger partial charge is 0.394 e. The fraction of sp³-hybridized carbons (Fsp3) is 0.600. The number of rotatable bonds is 6. The predicted molar refractivity (Wildman–Crippen MR) is 65.0 cm³/mol. The van der Waals surface area contributed by atoms with Crippen molar-refractivity contribution in [2.45, 2.75) is 36.4 Å². The van der Waals surface area contributed by atoms with Crippen LogP contribution in [0.1, 0.15) is 26.7 Å². The number of hydrogen-bond acceptors (Lipinski definition) is 4. The summed E-state index contributed by atoms with van der Waals surface area (Å²) in [6.45, 7) is 3.53. The summed E-state index contributed by atoms with van der Waals surface area (Å²) in [6, 6.07) is 3.25. The van der Waals surface area contributed by atoms with Gasteiger partial charge in [0.15, 0.2) is 0 Å². The van der Waals surface area contributed by atoms with Crippen molar-refractivity contribution in [3.05, 3.63) is 17.5 Å². The van der Waals surface area contributed by atoms with Gasteiger partial charge in [0, 0.05) is 0 Å². The van der Waals surface area contributed by atoms with Gasteiger partial charge in [-0.3, -0.25) is 0 Å². The zero-order valence-electron chi connectivity index (χ0n) is 9.43. The van der Waals surface area contributed by atoms with E-state index in [1.54, 1.807) is 17.5 Å². The van der Waals surface area contributed by atoms with Gasteiger partial charge in [-0.2, -0.15) is 0 Å². The predicted octanol–water partition coefficient (Wildman–Crippen LogP) is 1.58. The maximum atomic E-state index is 12.0. The Labute approximate surface area is 100 Å².